The third-order valence-corrected chi connectivity index (χ3v) is 2.12. The number of furan rings is 1. The molecule has 0 aromatic carbocycles. The van der Waals surface area contributed by atoms with Crippen molar-refractivity contribution in [2.75, 3.05) is 7.05 Å². The highest BCUT2D eigenvalue weighted by molar-refractivity contribution is 5.77. The molecule has 0 atom stereocenters. The molecule has 0 fully saturated rings. The zero-order valence-corrected chi connectivity index (χ0v) is 8.98. The molecule has 0 aliphatic rings. The summed E-state index contributed by atoms with van der Waals surface area (Å²) in [6, 6.07) is 1.80. The van der Waals surface area contributed by atoms with Crippen LogP contribution in [0, 0.1) is 6.92 Å². The maximum Gasteiger partial charge on any atom is 0.293 e. The minimum Gasteiger partial charge on any atom is -0.459 e. The normalized spacial score (nSPS) is 10.4. The van der Waals surface area contributed by atoms with Crippen LogP contribution in [0.15, 0.2) is 21.3 Å². The Labute approximate surface area is 91.6 Å². The van der Waals surface area contributed by atoms with Crippen molar-refractivity contribution in [1.29, 1.82) is 0 Å². The smallest absolute Gasteiger partial charge is 0.293 e. The van der Waals surface area contributed by atoms with E-state index in [0.29, 0.717) is 17.5 Å². The van der Waals surface area contributed by atoms with Crippen LogP contribution in [0.2, 0.25) is 0 Å². The number of amides is 1. The Kier molecular flexibility index (Phi) is 2.72. The number of carbonyl (C=O) groups is 1. The zero-order chi connectivity index (χ0) is 11.5. The van der Waals surface area contributed by atoms with Gasteiger partial charge in [-0.1, -0.05) is 5.16 Å². The van der Waals surface area contributed by atoms with Crippen molar-refractivity contribution in [3.8, 4) is 11.7 Å². The lowest BCUT2D eigenvalue weighted by Crippen LogP contribution is -2.20. The van der Waals surface area contributed by atoms with Crippen molar-refractivity contribution >= 4 is 5.91 Å². The predicted molar refractivity (Wildman–Crippen MR) is 54.5 cm³/mol. The maximum atomic E-state index is 11.1. The Hall–Kier alpha value is -2.11. The van der Waals surface area contributed by atoms with Crippen molar-refractivity contribution in [2.45, 2.75) is 13.3 Å². The minimum atomic E-state index is -0.163. The molecule has 0 bridgehead atoms. The number of nitrogens with one attached hydrogen (secondary N) is 1. The first-order valence-corrected chi connectivity index (χ1v) is 4.78. The second-order valence-corrected chi connectivity index (χ2v) is 3.30. The molecule has 0 saturated heterocycles. The average Bonchev–Trinajstić information content (AvgIpc) is 2.86. The molecular weight excluding hydrogens is 210 g/mol. The molecule has 1 amide bonds. The van der Waals surface area contributed by atoms with Gasteiger partial charge in [0.05, 0.1) is 12.7 Å². The number of rotatable bonds is 3. The number of aryl methyl sites for hydroxylation is 1. The minimum absolute atomic E-state index is 0.0970. The molecule has 6 nitrogen and oxygen atoms in total. The Bertz CT molecular complexity index is 501. The first kappa shape index (κ1) is 10.4. The number of nitrogens with zero attached hydrogens (tertiary/aromatic N) is 2. The number of hydrogen-bond donors (Lipinski definition) is 1. The van der Waals surface area contributed by atoms with Gasteiger partial charge in [0, 0.05) is 12.6 Å². The second kappa shape index (κ2) is 4.18. The molecule has 0 radical (unpaired) electrons. The first-order valence-electron chi connectivity index (χ1n) is 4.78. The maximum absolute atomic E-state index is 11.1. The summed E-state index contributed by atoms with van der Waals surface area (Å²) in [6.45, 7) is 1.88. The lowest BCUT2D eigenvalue weighted by molar-refractivity contribution is -0.120. The summed E-state index contributed by atoms with van der Waals surface area (Å²) in [7, 11) is 1.56. The van der Waals surface area contributed by atoms with Crippen LogP contribution in [0.1, 0.15) is 11.4 Å². The molecule has 2 rings (SSSR count). The van der Waals surface area contributed by atoms with Crippen molar-refractivity contribution in [1.82, 2.24) is 15.5 Å². The summed E-state index contributed by atoms with van der Waals surface area (Å²) in [5.41, 5.74) is 0.912. The van der Waals surface area contributed by atoms with Crippen LogP contribution in [0.3, 0.4) is 0 Å². The van der Waals surface area contributed by atoms with E-state index in [0.717, 1.165) is 5.56 Å². The topological polar surface area (TPSA) is 81.2 Å². The third kappa shape index (κ3) is 1.95. The third-order valence-electron chi connectivity index (χ3n) is 2.12. The van der Waals surface area contributed by atoms with Crippen LogP contribution in [-0.4, -0.2) is 23.1 Å². The number of carbonyl (C=O) groups excluding carboxylic acids is 1. The standard InChI is InChI=1S/C10H11N3O3/c1-6-3-4-15-9(6)10-12-7(13-16-10)5-8(14)11-2/h3-4H,5H2,1-2H3,(H,11,14). The number of likely N-dealkylation sites (N-methyl/N-ethyl adjacent to an activating group) is 1. The zero-order valence-electron chi connectivity index (χ0n) is 8.98. The van der Waals surface area contributed by atoms with Gasteiger partial charge in [0.1, 0.15) is 0 Å². The molecule has 2 aromatic rings. The summed E-state index contributed by atoms with van der Waals surface area (Å²) < 4.78 is 10.2. The van der Waals surface area contributed by atoms with E-state index in [1.165, 1.54) is 0 Å². The van der Waals surface area contributed by atoms with Crippen LogP contribution in [0.4, 0.5) is 0 Å². The lowest BCUT2D eigenvalue weighted by atomic mass is 10.3. The van der Waals surface area contributed by atoms with Gasteiger partial charge < -0.3 is 14.3 Å². The van der Waals surface area contributed by atoms with Gasteiger partial charge in [-0.2, -0.15) is 4.98 Å². The Morgan fingerprint density at radius 2 is 2.38 bits per heavy atom. The van der Waals surface area contributed by atoms with Crippen molar-refractivity contribution in [3.63, 3.8) is 0 Å². The summed E-state index contributed by atoms with van der Waals surface area (Å²) in [6.07, 6.45) is 1.65. The monoisotopic (exact) mass is 221 g/mol. The number of hydrogen-bond acceptors (Lipinski definition) is 5. The first-order chi connectivity index (χ1) is 7.70. The van der Waals surface area contributed by atoms with Crippen molar-refractivity contribution in [3.05, 3.63) is 23.7 Å². The average molecular weight is 221 g/mol. The Balaban J connectivity index is 2.20. The molecule has 0 aliphatic carbocycles. The summed E-state index contributed by atoms with van der Waals surface area (Å²) in [5.74, 6) is 1.01. The van der Waals surface area contributed by atoms with Gasteiger partial charge >= 0.3 is 0 Å². The fourth-order valence-electron chi connectivity index (χ4n) is 1.24. The molecule has 2 heterocycles. The van der Waals surface area contributed by atoms with Gasteiger partial charge in [0.15, 0.2) is 11.6 Å². The molecule has 6 heteroatoms. The van der Waals surface area contributed by atoms with Gasteiger partial charge in [-0.25, -0.2) is 0 Å². The molecule has 2 aromatic heterocycles. The highest BCUT2D eigenvalue weighted by Crippen LogP contribution is 2.22. The van der Waals surface area contributed by atoms with Crippen LogP contribution in [0.5, 0.6) is 0 Å². The van der Waals surface area contributed by atoms with E-state index in [1.54, 1.807) is 19.4 Å². The largest absolute Gasteiger partial charge is 0.459 e. The van der Waals surface area contributed by atoms with E-state index in [9.17, 15) is 4.79 Å². The molecule has 0 unspecified atom stereocenters. The Morgan fingerprint density at radius 1 is 1.56 bits per heavy atom. The molecule has 0 saturated carbocycles. The summed E-state index contributed by atoms with van der Waals surface area (Å²) >= 11 is 0. The van der Waals surface area contributed by atoms with Crippen LogP contribution < -0.4 is 5.32 Å². The second-order valence-electron chi connectivity index (χ2n) is 3.30. The van der Waals surface area contributed by atoms with Crippen LogP contribution in [-0.2, 0) is 11.2 Å². The number of aromatic nitrogens is 2. The van der Waals surface area contributed by atoms with Gasteiger partial charge in [-0.05, 0) is 13.0 Å². The molecule has 0 aliphatic heterocycles. The van der Waals surface area contributed by atoms with E-state index in [1.807, 2.05) is 6.92 Å². The predicted octanol–water partition coefficient (Wildman–Crippen LogP) is 0.927. The van der Waals surface area contributed by atoms with E-state index in [4.69, 9.17) is 8.94 Å². The van der Waals surface area contributed by atoms with Gasteiger partial charge in [0.25, 0.3) is 5.89 Å². The fraction of sp³-hybridized carbons (Fsp3) is 0.300. The molecular formula is C10H11N3O3. The van der Waals surface area contributed by atoms with E-state index >= 15 is 0 Å². The molecule has 16 heavy (non-hydrogen) atoms. The summed E-state index contributed by atoms with van der Waals surface area (Å²) in [5, 5.41) is 6.18. The molecule has 84 valence electrons. The summed E-state index contributed by atoms with van der Waals surface area (Å²) in [4.78, 5) is 15.2. The molecule has 0 spiro atoms. The van der Waals surface area contributed by atoms with E-state index in [2.05, 4.69) is 15.5 Å². The van der Waals surface area contributed by atoms with Gasteiger partial charge in [-0.3, -0.25) is 4.79 Å². The van der Waals surface area contributed by atoms with E-state index in [-0.39, 0.29) is 12.3 Å². The van der Waals surface area contributed by atoms with Crippen LogP contribution in [0.25, 0.3) is 11.7 Å². The van der Waals surface area contributed by atoms with Gasteiger partial charge in [-0.15, -0.1) is 0 Å². The van der Waals surface area contributed by atoms with Crippen LogP contribution >= 0.6 is 0 Å². The van der Waals surface area contributed by atoms with Crippen molar-refractivity contribution < 1.29 is 13.7 Å². The Morgan fingerprint density at radius 3 is 3.00 bits per heavy atom. The fourth-order valence-corrected chi connectivity index (χ4v) is 1.24. The molecule has 1 N–H and O–H groups in total. The highest BCUT2D eigenvalue weighted by atomic mass is 16.5. The van der Waals surface area contributed by atoms with Gasteiger partial charge in [0.2, 0.25) is 5.91 Å². The lowest BCUT2D eigenvalue weighted by Gasteiger charge is -1.91. The van der Waals surface area contributed by atoms with E-state index < -0.39 is 0 Å². The quantitative estimate of drug-likeness (QED) is 0.833. The SMILES string of the molecule is CNC(=O)Cc1noc(-c2occc2C)n1. The highest BCUT2D eigenvalue weighted by Gasteiger charge is 2.15. The van der Waals surface area contributed by atoms with Crippen molar-refractivity contribution in [2.24, 2.45) is 0 Å².